The molecule has 2 heterocycles. The maximum atomic E-state index is 12.9. The molecule has 0 bridgehead atoms. The van der Waals surface area contributed by atoms with Gasteiger partial charge in [0.25, 0.3) is 0 Å². The van der Waals surface area contributed by atoms with Crippen LogP contribution in [0.5, 0.6) is 0 Å². The fourth-order valence-corrected chi connectivity index (χ4v) is 5.16. The van der Waals surface area contributed by atoms with E-state index < -0.39 is 6.04 Å². The van der Waals surface area contributed by atoms with Gasteiger partial charge in [0, 0.05) is 18.1 Å². The number of rotatable bonds is 4. The van der Waals surface area contributed by atoms with Crippen molar-refractivity contribution < 1.29 is 9.59 Å². The summed E-state index contributed by atoms with van der Waals surface area (Å²) in [5.74, 6) is 0.931. The van der Waals surface area contributed by atoms with E-state index in [2.05, 4.69) is 29.6 Å². The number of allylic oxidation sites excluding steroid dienone is 1. The molecule has 4 rings (SSSR count). The monoisotopic (exact) mass is 367 g/mol. The Labute approximate surface area is 157 Å². The first-order valence-corrected chi connectivity index (χ1v) is 10.1. The van der Waals surface area contributed by atoms with E-state index >= 15 is 0 Å². The molecule has 1 unspecified atom stereocenters. The second-order valence-electron chi connectivity index (χ2n) is 7.10. The van der Waals surface area contributed by atoms with Crippen molar-refractivity contribution >= 4 is 29.5 Å². The van der Waals surface area contributed by atoms with Crippen LogP contribution in [0.4, 0.5) is 0 Å². The van der Waals surface area contributed by atoms with Crippen LogP contribution in [-0.2, 0) is 16.0 Å². The van der Waals surface area contributed by atoms with Crippen LogP contribution in [-0.4, -0.2) is 46.8 Å². The first-order chi connectivity index (χ1) is 12.7. The van der Waals surface area contributed by atoms with Crippen LogP contribution in [0, 0.1) is 17.2 Å². The van der Waals surface area contributed by atoms with Crippen molar-refractivity contribution in [3.63, 3.8) is 0 Å². The van der Waals surface area contributed by atoms with Gasteiger partial charge in [-0.1, -0.05) is 35.9 Å². The second-order valence-corrected chi connectivity index (χ2v) is 8.10. The number of hydrogen-bond donors (Lipinski definition) is 1. The molecule has 134 valence electrons. The molecular formula is C20H21N3O2S. The summed E-state index contributed by atoms with van der Waals surface area (Å²) in [5.41, 5.74) is 3.58. The van der Waals surface area contributed by atoms with E-state index in [-0.39, 0.29) is 23.7 Å². The molecule has 3 atom stereocenters. The predicted octanol–water partition coefficient (Wildman–Crippen LogP) is 1.99. The summed E-state index contributed by atoms with van der Waals surface area (Å²) < 4.78 is 0. The number of nitrogens with one attached hydrogen (secondary N) is 1. The summed E-state index contributed by atoms with van der Waals surface area (Å²) in [6.07, 6.45) is 4.02. The molecule has 26 heavy (non-hydrogen) atoms. The third-order valence-electron chi connectivity index (χ3n) is 5.45. The Hall–Kier alpha value is -2.10. The van der Waals surface area contributed by atoms with Crippen molar-refractivity contribution in [1.82, 2.24) is 10.2 Å². The quantitative estimate of drug-likeness (QED) is 0.881. The minimum Gasteiger partial charge on any atom is -0.315 e. The summed E-state index contributed by atoms with van der Waals surface area (Å²) in [5, 5.41) is 12.4. The Morgan fingerprint density at radius 3 is 3.00 bits per heavy atom. The van der Waals surface area contributed by atoms with Crippen LogP contribution >= 0.6 is 11.8 Å². The van der Waals surface area contributed by atoms with Crippen molar-refractivity contribution in [2.24, 2.45) is 5.92 Å². The van der Waals surface area contributed by atoms with Gasteiger partial charge in [-0.15, -0.1) is 11.8 Å². The van der Waals surface area contributed by atoms with Crippen molar-refractivity contribution in [3.8, 4) is 6.07 Å². The van der Waals surface area contributed by atoms with Gasteiger partial charge in [0.05, 0.1) is 18.0 Å². The van der Waals surface area contributed by atoms with Crippen molar-refractivity contribution in [3.05, 3.63) is 41.0 Å². The topological polar surface area (TPSA) is 73.2 Å². The lowest BCUT2D eigenvalue weighted by atomic mass is 9.90. The molecule has 1 aromatic carbocycles. The molecule has 2 aliphatic heterocycles. The van der Waals surface area contributed by atoms with Crippen LogP contribution < -0.4 is 5.32 Å². The maximum absolute atomic E-state index is 12.9. The van der Waals surface area contributed by atoms with Crippen LogP contribution in [0.2, 0.25) is 0 Å². The number of hydrogen-bond acceptors (Lipinski definition) is 5. The average molecular weight is 367 g/mol. The number of carbonyl (C=O) groups is 2. The van der Waals surface area contributed by atoms with Crippen LogP contribution in [0.3, 0.4) is 0 Å². The molecule has 0 aromatic heterocycles. The summed E-state index contributed by atoms with van der Waals surface area (Å²) in [7, 11) is 0. The minimum atomic E-state index is -0.485. The lowest BCUT2D eigenvalue weighted by Crippen LogP contribution is -2.49. The molecule has 2 saturated heterocycles. The molecule has 1 N–H and O–H groups in total. The largest absolute Gasteiger partial charge is 0.315 e. The molecule has 1 aromatic rings. The normalized spacial score (nSPS) is 27.1. The van der Waals surface area contributed by atoms with Crippen molar-refractivity contribution in [2.75, 3.05) is 18.2 Å². The highest BCUT2D eigenvalue weighted by molar-refractivity contribution is 7.99. The number of carbonyl (C=O) groups excluding carboxylic acids is 2. The van der Waals surface area contributed by atoms with Gasteiger partial charge in [-0.2, -0.15) is 5.26 Å². The smallest absolute Gasteiger partial charge is 0.242 e. The van der Waals surface area contributed by atoms with E-state index in [1.807, 2.05) is 12.1 Å². The lowest BCUT2D eigenvalue weighted by molar-refractivity contribution is -0.136. The Kier molecular flexibility index (Phi) is 4.84. The third kappa shape index (κ3) is 3.17. The highest BCUT2D eigenvalue weighted by atomic mass is 32.2. The molecular weight excluding hydrogens is 346 g/mol. The van der Waals surface area contributed by atoms with Crippen molar-refractivity contribution in [1.29, 1.82) is 5.26 Å². The number of thioether (sulfide) groups is 1. The average Bonchev–Trinajstić information content (AvgIpc) is 3.38. The van der Waals surface area contributed by atoms with Gasteiger partial charge in [0.2, 0.25) is 5.91 Å². The van der Waals surface area contributed by atoms with E-state index in [0.717, 1.165) is 12.0 Å². The van der Waals surface area contributed by atoms with E-state index in [0.29, 0.717) is 31.0 Å². The molecule has 0 spiro atoms. The fourth-order valence-electron chi connectivity index (χ4n) is 4.07. The number of amides is 1. The number of fused-ring (bicyclic) bond motifs is 1. The van der Waals surface area contributed by atoms with Gasteiger partial charge >= 0.3 is 0 Å². The summed E-state index contributed by atoms with van der Waals surface area (Å²) in [6.45, 7) is 0.671. The van der Waals surface area contributed by atoms with Crippen LogP contribution in [0.1, 0.15) is 24.0 Å². The zero-order valence-corrected chi connectivity index (χ0v) is 15.3. The summed E-state index contributed by atoms with van der Waals surface area (Å²) in [6, 6.07) is 9.53. The van der Waals surface area contributed by atoms with Gasteiger partial charge in [-0.3, -0.25) is 9.59 Å². The molecule has 6 heteroatoms. The molecule has 0 saturated carbocycles. The number of benzene rings is 1. The van der Waals surface area contributed by atoms with Gasteiger partial charge in [-0.05, 0) is 30.5 Å². The maximum Gasteiger partial charge on any atom is 0.242 e. The first-order valence-electron chi connectivity index (χ1n) is 8.98. The minimum absolute atomic E-state index is 0.0962. The summed E-state index contributed by atoms with van der Waals surface area (Å²) in [4.78, 5) is 27.4. The van der Waals surface area contributed by atoms with Crippen molar-refractivity contribution in [2.45, 2.75) is 31.3 Å². The SMILES string of the molecule is N#C[C@@H]1CSCN1C(=O)[C@@H]1NCCC1C(=O)CC1=Cc2ccccc2C1. The molecule has 5 nitrogen and oxygen atoms in total. The Morgan fingerprint density at radius 2 is 2.19 bits per heavy atom. The third-order valence-corrected chi connectivity index (χ3v) is 6.46. The van der Waals surface area contributed by atoms with Crippen LogP contribution in [0.15, 0.2) is 29.8 Å². The molecule has 1 aliphatic carbocycles. The van der Waals surface area contributed by atoms with Gasteiger partial charge < -0.3 is 10.2 Å². The number of ketones is 1. The molecule has 2 fully saturated rings. The van der Waals surface area contributed by atoms with Crippen LogP contribution in [0.25, 0.3) is 6.08 Å². The number of nitriles is 1. The molecule has 0 radical (unpaired) electrons. The summed E-state index contributed by atoms with van der Waals surface area (Å²) >= 11 is 1.59. The first kappa shape index (κ1) is 17.3. The molecule has 1 amide bonds. The highest BCUT2D eigenvalue weighted by Gasteiger charge is 2.42. The Morgan fingerprint density at radius 1 is 1.35 bits per heavy atom. The molecule has 3 aliphatic rings. The van der Waals surface area contributed by atoms with E-state index in [1.165, 1.54) is 11.1 Å². The highest BCUT2D eigenvalue weighted by Crippen LogP contribution is 2.30. The van der Waals surface area contributed by atoms with E-state index in [1.54, 1.807) is 16.7 Å². The van der Waals surface area contributed by atoms with Gasteiger partial charge in [0.1, 0.15) is 11.8 Å². The standard InChI is InChI=1S/C20H21N3O2S/c21-10-16-11-26-12-23(16)20(25)19-17(5-6-22-19)18(24)9-13-7-14-3-1-2-4-15(14)8-13/h1-4,7,16-17,19,22H,5-6,8-9,11-12H2/t16-,17?,19-/m1/s1. The zero-order valence-electron chi connectivity index (χ0n) is 14.5. The Bertz CT molecular complexity index is 814. The zero-order chi connectivity index (χ0) is 18.1. The van der Waals surface area contributed by atoms with Gasteiger partial charge in [0.15, 0.2) is 0 Å². The Balaban J connectivity index is 1.43. The van der Waals surface area contributed by atoms with E-state index in [4.69, 9.17) is 0 Å². The lowest BCUT2D eigenvalue weighted by Gasteiger charge is -2.25. The number of Topliss-reactive ketones (excluding diaryl/α,β-unsaturated/α-hetero) is 1. The van der Waals surface area contributed by atoms with E-state index in [9.17, 15) is 14.9 Å². The van der Waals surface area contributed by atoms with Gasteiger partial charge in [-0.25, -0.2) is 0 Å². The predicted molar refractivity (Wildman–Crippen MR) is 101 cm³/mol. The fraction of sp³-hybridized carbons (Fsp3) is 0.450. The second kappa shape index (κ2) is 7.26. The number of nitrogens with zero attached hydrogens (tertiary/aromatic N) is 2.